The molecule has 17 nitrogen and oxygen atoms in total. The largest absolute Gasteiger partial charge is 0.311 e. The van der Waals surface area contributed by atoms with Crippen LogP contribution in [0.2, 0.25) is 0 Å². The Kier molecular flexibility index (Phi) is 10.2. The van der Waals surface area contributed by atoms with Gasteiger partial charge in [-0.1, -0.05) is 24.3 Å². The molecule has 3 N–H and O–H groups in total. The Balaban J connectivity index is 0.000000943. The Morgan fingerprint density at radius 3 is 1.33 bits per heavy atom. The average Bonchev–Trinajstić information content (AvgIpc) is 3.06. The first-order valence-corrected chi connectivity index (χ1v) is 17.3. The molecular weight excluding hydrogens is 688 g/mol. The number of amides is 4. The number of carbonyl (C=O) groups is 4. The van der Waals surface area contributed by atoms with Crippen molar-refractivity contribution in [2.75, 3.05) is 32.4 Å². The number of non-ortho nitro benzene ring substituents is 2. The third-order valence-electron chi connectivity index (χ3n) is 8.27. The van der Waals surface area contributed by atoms with Gasteiger partial charge in [0, 0.05) is 84.4 Å². The highest BCUT2D eigenvalue weighted by Crippen LogP contribution is 2.35. The van der Waals surface area contributed by atoms with Crippen LogP contribution in [-0.4, -0.2) is 101 Å². The highest BCUT2D eigenvalue weighted by Gasteiger charge is 2.36. The standard InChI is InChI=1S/C32H28N6O8.CH4O3S/c1-17(15-35-29(39)23-7-3-5-19-11-21(37(43)44)13-25(27(19)23)31(35)41)33-9-10-34-18(2)16-36-30(40)24-8-4-6-20-12-22(38(45)46)14-26(28(20)24)32(36)42;1-5(2,3)4/h3-8,11-14,17-18,33-34H,9-10,15-16H2,1-2H3;1H3,(H,2,3,4)/t17-,18-;/m0./s1. The van der Waals surface area contributed by atoms with E-state index < -0.39 is 43.6 Å². The van der Waals surface area contributed by atoms with Crippen molar-refractivity contribution in [1.82, 2.24) is 20.4 Å². The molecule has 2 heterocycles. The van der Waals surface area contributed by atoms with Crippen molar-refractivity contribution in [3.05, 3.63) is 103 Å². The summed E-state index contributed by atoms with van der Waals surface area (Å²) in [5.74, 6) is -2.15. The molecule has 6 rings (SSSR count). The van der Waals surface area contributed by atoms with Gasteiger partial charge < -0.3 is 10.6 Å². The minimum atomic E-state index is -3.67. The van der Waals surface area contributed by atoms with Gasteiger partial charge in [-0.05, 0) is 36.8 Å². The van der Waals surface area contributed by atoms with Crippen LogP contribution in [0.3, 0.4) is 0 Å². The third-order valence-corrected chi connectivity index (χ3v) is 8.27. The van der Waals surface area contributed by atoms with Crippen LogP contribution in [0, 0.1) is 20.2 Å². The summed E-state index contributed by atoms with van der Waals surface area (Å²) < 4.78 is 25.9. The summed E-state index contributed by atoms with van der Waals surface area (Å²) in [7, 11) is -3.67. The number of hydrogen-bond acceptors (Lipinski definition) is 12. The van der Waals surface area contributed by atoms with Gasteiger partial charge in [0.2, 0.25) is 0 Å². The van der Waals surface area contributed by atoms with E-state index in [1.54, 1.807) is 50.2 Å². The number of nitrogens with zero attached hydrogens (tertiary/aromatic N) is 4. The quantitative estimate of drug-likeness (QED) is 0.0664. The Labute approximate surface area is 290 Å². The Hall–Kier alpha value is -5.69. The van der Waals surface area contributed by atoms with E-state index in [2.05, 4.69) is 10.6 Å². The molecule has 0 unspecified atom stereocenters. The number of hydrogen-bond donors (Lipinski definition) is 3. The Morgan fingerprint density at radius 2 is 1.00 bits per heavy atom. The van der Waals surface area contributed by atoms with Gasteiger partial charge in [0.1, 0.15) is 0 Å². The fourth-order valence-electron chi connectivity index (χ4n) is 6.14. The maximum atomic E-state index is 13.3. The van der Waals surface area contributed by atoms with Crippen LogP contribution in [0.15, 0.2) is 60.7 Å². The first-order chi connectivity index (χ1) is 24.0. The van der Waals surface area contributed by atoms with Crippen LogP contribution in [0.1, 0.15) is 55.3 Å². The van der Waals surface area contributed by atoms with Crippen molar-refractivity contribution in [3.63, 3.8) is 0 Å². The summed E-state index contributed by atoms with van der Waals surface area (Å²) in [6.07, 6.45) is 0.715. The highest BCUT2D eigenvalue weighted by atomic mass is 32.2. The average molecular weight is 721 g/mol. The molecule has 4 amide bonds. The van der Waals surface area contributed by atoms with Crippen molar-refractivity contribution in [1.29, 1.82) is 0 Å². The van der Waals surface area contributed by atoms with Gasteiger partial charge in [-0.15, -0.1) is 0 Å². The first kappa shape index (κ1) is 36.6. The number of nitro benzene ring substituents is 2. The van der Waals surface area contributed by atoms with Crippen molar-refractivity contribution in [2.45, 2.75) is 25.9 Å². The molecule has 0 spiro atoms. The number of rotatable bonds is 11. The fourth-order valence-corrected chi connectivity index (χ4v) is 6.14. The van der Waals surface area contributed by atoms with Crippen LogP contribution in [0.4, 0.5) is 11.4 Å². The summed E-state index contributed by atoms with van der Waals surface area (Å²) in [6.45, 7) is 4.48. The molecule has 0 fully saturated rings. The second-order valence-electron chi connectivity index (χ2n) is 12.2. The lowest BCUT2D eigenvalue weighted by Gasteiger charge is -2.30. The van der Waals surface area contributed by atoms with E-state index in [0.29, 0.717) is 52.0 Å². The van der Waals surface area contributed by atoms with E-state index in [1.807, 2.05) is 0 Å². The van der Waals surface area contributed by atoms with Gasteiger partial charge in [0.15, 0.2) is 0 Å². The summed E-state index contributed by atoms with van der Waals surface area (Å²) in [4.78, 5) is 77.1. The van der Waals surface area contributed by atoms with Gasteiger partial charge in [0.05, 0.1) is 27.2 Å². The van der Waals surface area contributed by atoms with E-state index in [1.165, 1.54) is 24.3 Å². The Morgan fingerprint density at radius 1 is 0.667 bits per heavy atom. The maximum Gasteiger partial charge on any atom is 0.270 e. The van der Waals surface area contributed by atoms with Gasteiger partial charge in [-0.3, -0.25) is 53.8 Å². The molecule has 0 saturated carbocycles. The lowest BCUT2D eigenvalue weighted by atomic mass is 9.93. The van der Waals surface area contributed by atoms with Crippen LogP contribution in [0.5, 0.6) is 0 Å². The molecular formula is C33H32N6O11S. The molecule has 18 heteroatoms. The molecule has 51 heavy (non-hydrogen) atoms. The van der Waals surface area contributed by atoms with E-state index in [4.69, 9.17) is 4.55 Å². The van der Waals surface area contributed by atoms with E-state index in [9.17, 15) is 47.8 Å². The molecule has 0 aliphatic carbocycles. The lowest BCUT2D eigenvalue weighted by Crippen LogP contribution is -2.50. The van der Waals surface area contributed by atoms with Crippen LogP contribution in [-0.2, 0) is 10.1 Å². The van der Waals surface area contributed by atoms with Crippen molar-refractivity contribution in [2.24, 2.45) is 0 Å². The van der Waals surface area contributed by atoms with Crippen LogP contribution >= 0.6 is 0 Å². The maximum absolute atomic E-state index is 13.3. The zero-order chi connectivity index (χ0) is 37.4. The van der Waals surface area contributed by atoms with Gasteiger partial charge in [-0.25, -0.2) is 0 Å². The zero-order valence-corrected chi connectivity index (χ0v) is 28.3. The van der Waals surface area contributed by atoms with E-state index in [-0.39, 0.29) is 47.7 Å². The normalized spacial score (nSPS) is 15.1. The smallest absolute Gasteiger partial charge is 0.270 e. The molecule has 0 bridgehead atoms. The molecule has 4 aromatic rings. The number of nitrogens with one attached hydrogen (secondary N) is 2. The minimum absolute atomic E-state index is 0.0274. The monoisotopic (exact) mass is 720 g/mol. The minimum Gasteiger partial charge on any atom is -0.311 e. The van der Waals surface area contributed by atoms with Crippen LogP contribution < -0.4 is 10.6 Å². The predicted molar refractivity (Wildman–Crippen MR) is 184 cm³/mol. The van der Waals surface area contributed by atoms with Gasteiger partial charge >= 0.3 is 0 Å². The summed E-state index contributed by atoms with van der Waals surface area (Å²) in [5, 5.41) is 31.1. The Bertz CT molecular complexity index is 2110. The molecule has 0 aromatic heterocycles. The fraction of sp³-hybridized carbons (Fsp3) is 0.273. The second kappa shape index (κ2) is 14.3. The molecule has 0 saturated heterocycles. The SMILES string of the molecule is CS(=O)(=O)O.C[C@@H](CN1C(=O)c2cccc3cc([N+](=O)[O-])cc(c23)C1=O)NCCN[C@@H](C)CN1C(=O)c2cccc3cc([N+](=O)[O-])cc(c23)C1=O. The summed E-state index contributed by atoms with van der Waals surface area (Å²) >= 11 is 0. The predicted octanol–water partition coefficient (Wildman–Crippen LogP) is 3.16. The second-order valence-corrected chi connectivity index (χ2v) is 13.7. The number of carbonyl (C=O) groups excluding carboxylic acids is 4. The zero-order valence-electron chi connectivity index (χ0n) is 27.5. The number of imide groups is 2. The summed E-state index contributed by atoms with van der Waals surface area (Å²) in [5.41, 5.74) is 0.364. The number of nitro groups is 2. The number of benzene rings is 4. The van der Waals surface area contributed by atoms with Crippen molar-refractivity contribution >= 4 is 66.7 Å². The molecule has 2 aliphatic rings. The first-order valence-electron chi connectivity index (χ1n) is 15.5. The van der Waals surface area contributed by atoms with E-state index >= 15 is 0 Å². The third kappa shape index (κ3) is 7.73. The molecule has 4 aromatic carbocycles. The van der Waals surface area contributed by atoms with Crippen molar-refractivity contribution in [3.8, 4) is 0 Å². The lowest BCUT2D eigenvalue weighted by molar-refractivity contribution is -0.384. The van der Waals surface area contributed by atoms with Gasteiger partial charge in [0.25, 0.3) is 45.1 Å². The summed E-state index contributed by atoms with van der Waals surface area (Å²) in [6, 6.07) is 14.1. The highest BCUT2D eigenvalue weighted by molar-refractivity contribution is 7.85. The van der Waals surface area contributed by atoms with E-state index in [0.717, 1.165) is 9.80 Å². The topological polar surface area (TPSA) is 239 Å². The molecule has 266 valence electrons. The van der Waals surface area contributed by atoms with Gasteiger partial charge in [-0.2, -0.15) is 8.42 Å². The molecule has 2 atom stereocenters. The van der Waals surface area contributed by atoms with Crippen LogP contribution in [0.25, 0.3) is 21.5 Å². The van der Waals surface area contributed by atoms with Crippen molar-refractivity contribution < 1.29 is 42.0 Å². The molecule has 0 radical (unpaired) electrons. The molecule has 2 aliphatic heterocycles.